The number of nitrogens with one attached hydrogen (secondary N) is 1. The molecule has 6 heteroatoms. The highest BCUT2D eigenvalue weighted by molar-refractivity contribution is 14.1. The molecular weight excluding hydrogens is 263 g/mol. The summed E-state index contributed by atoms with van der Waals surface area (Å²) in [6, 6.07) is 1.17. The first-order valence-electron chi connectivity index (χ1n) is 2.75. The number of hydrogen-bond acceptors (Lipinski definition) is 3. The van der Waals surface area contributed by atoms with Crippen LogP contribution in [0.5, 0.6) is 0 Å². The average Bonchev–Trinajstić information content (AvgIpc) is 1.85. The van der Waals surface area contributed by atoms with Crippen LogP contribution in [0.4, 0.5) is 0 Å². The van der Waals surface area contributed by atoms with Gasteiger partial charge in [0, 0.05) is 12.3 Å². The highest BCUT2D eigenvalue weighted by atomic mass is 127. The van der Waals surface area contributed by atoms with E-state index in [1.165, 1.54) is 12.3 Å². The normalized spacial score (nSPS) is 12.9. The molecule has 0 spiro atoms. The van der Waals surface area contributed by atoms with Crippen molar-refractivity contribution in [1.82, 2.24) is 9.55 Å². The minimum absolute atomic E-state index is 0.469. The van der Waals surface area contributed by atoms with Gasteiger partial charge in [-0.2, -0.15) is 0 Å². The van der Waals surface area contributed by atoms with Gasteiger partial charge in [0.15, 0.2) is 4.23 Å². The molecule has 1 unspecified atom stereocenters. The lowest BCUT2D eigenvalue weighted by Crippen LogP contribution is -2.29. The highest BCUT2D eigenvalue weighted by Crippen LogP contribution is 2.04. The van der Waals surface area contributed by atoms with Gasteiger partial charge in [0.1, 0.15) is 0 Å². The molecule has 1 aromatic rings. The Labute approximate surface area is 74.8 Å². The van der Waals surface area contributed by atoms with Gasteiger partial charge in [0.25, 0.3) is 5.56 Å². The Morgan fingerprint density at radius 1 is 1.64 bits per heavy atom. The SMILES string of the molecule is O=c1ccn(C(O)I)c(=O)[nH]1. The van der Waals surface area contributed by atoms with Crippen LogP contribution in [0.15, 0.2) is 21.9 Å². The van der Waals surface area contributed by atoms with Crippen LogP contribution in [0.1, 0.15) is 4.23 Å². The monoisotopic (exact) mass is 268 g/mol. The van der Waals surface area contributed by atoms with E-state index in [1.54, 1.807) is 22.6 Å². The van der Waals surface area contributed by atoms with Crippen LogP contribution in [0, 0.1) is 0 Å². The van der Waals surface area contributed by atoms with E-state index in [4.69, 9.17) is 5.11 Å². The third-order valence-electron chi connectivity index (χ3n) is 1.08. The van der Waals surface area contributed by atoms with Crippen molar-refractivity contribution in [3.63, 3.8) is 0 Å². The number of H-pyrrole nitrogens is 1. The van der Waals surface area contributed by atoms with Gasteiger partial charge in [0.2, 0.25) is 0 Å². The molecule has 0 fully saturated rings. The summed E-state index contributed by atoms with van der Waals surface area (Å²) in [5, 5.41) is 8.92. The Morgan fingerprint density at radius 2 is 2.27 bits per heavy atom. The van der Waals surface area contributed by atoms with E-state index in [9.17, 15) is 9.59 Å². The lowest BCUT2D eigenvalue weighted by molar-refractivity contribution is 0.209. The van der Waals surface area contributed by atoms with Crippen LogP contribution < -0.4 is 11.2 Å². The maximum Gasteiger partial charge on any atom is 0.331 e. The topological polar surface area (TPSA) is 75.1 Å². The van der Waals surface area contributed by atoms with Crippen molar-refractivity contribution >= 4 is 22.6 Å². The average molecular weight is 268 g/mol. The maximum absolute atomic E-state index is 10.8. The molecule has 1 heterocycles. The summed E-state index contributed by atoms with van der Waals surface area (Å²) >= 11 is 1.64. The Kier molecular flexibility index (Phi) is 2.45. The second kappa shape index (κ2) is 3.18. The number of nitrogens with zero attached hydrogens (tertiary/aromatic N) is 1. The second-order valence-electron chi connectivity index (χ2n) is 1.83. The third kappa shape index (κ3) is 1.90. The molecule has 0 saturated heterocycles. The van der Waals surface area contributed by atoms with Gasteiger partial charge >= 0.3 is 5.69 Å². The number of halogens is 1. The molecular formula is C5H5IN2O3. The van der Waals surface area contributed by atoms with Crippen LogP contribution in [0.25, 0.3) is 0 Å². The van der Waals surface area contributed by atoms with E-state index >= 15 is 0 Å². The van der Waals surface area contributed by atoms with E-state index in [0.29, 0.717) is 0 Å². The van der Waals surface area contributed by atoms with Crippen molar-refractivity contribution in [3.05, 3.63) is 33.1 Å². The van der Waals surface area contributed by atoms with Gasteiger partial charge in [0.05, 0.1) is 0 Å². The predicted octanol–water partition coefficient (Wildman–Crippen LogP) is -0.580. The molecule has 0 aliphatic carbocycles. The minimum Gasteiger partial charge on any atom is -0.365 e. The molecule has 5 nitrogen and oxygen atoms in total. The van der Waals surface area contributed by atoms with Gasteiger partial charge in [-0.25, -0.2) is 4.79 Å². The first kappa shape index (κ1) is 8.47. The number of aromatic amines is 1. The fraction of sp³-hybridized carbons (Fsp3) is 0.200. The zero-order chi connectivity index (χ0) is 8.43. The molecule has 0 aliphatic rings. The molecule has 2 N–H and O–H groups in total. The Balaban J connectivity index is 3.32. The van der Waals surface area contributed by atoms with Gasteiger partial charge < -0.3 is 5.11 Å². The number of alkyl halides is 1. The maximum atomic E-state index is 10.8. The number of aliphatic hydroxyl groups excluding tert-OH is 1. The fourth-order valence-electron chi connectivity index (χ4n) is 0.595. The molecule has 0 bridgehead atoms. The first-order valence-corrected chi connectivity index (χ1v) is 3.99. The molecule has 1 rings (SSSR count). The van der Waals surface area contributed by atoms with Crippen LogP contribution >= 0.6 is 22.6 Å². The van der Waals surface area contributed by atoms with Crippen molar-refractivity contribution in [2.45, 2.75) is 4.23 Å². The Morgan fingerprint density at radius 3 is 2.73 bits per heavy atom. The van der Waals surface area contributed by atoms with Gasteiger partial charge in [-0.1, -0.05) is 0 Å². The van der Waals surface area contributed by atoms with E-state index < -0.39 is 15.5 Å². The van der Waals surface area contributed by atoms with E-state index in [-0.39, 0.29) is 0 Å². The number of hydrogen-bond donors (Lipinski definition) is 2. The summed E-state index contributed by atoms with van der Waals surface area (Å²) in [6.07, 6.45) is 1.23. The predicted molar refractivity (Wildman–Crippen MR) is 46.6 cm³/mol. The van der Waals surface area contributed by atoms with Crippen molar-refractivity contribution in [3.8, 4) is 0 Å². The standard InChI is InChI=1S/C5H5IN2O3/c6-4(10)8-2-1-3(9)7-5(8)11/h1-2,4,10H,(H,7,9,11). The summed E-state index contributed by atoms with van der Waals surface area (Å²) in [5.41, 5.74) is -1.08. The molecule has 1 aromatic heterocycles. The zero-order valence-electron chi connectivity index (χ0n) is 5.32. The quantitative estimate of drug-likeness (QED) is 0.528. The van der Waals surface area contributed by atoms with Gasteiger partial charge in [-0.05, 0) is 22.6 Å². The second-order valence-corrected chi connectivity index (χ2v) is 2.94. The highest BCUT2D eigenvalue weighted by Gasteiger charge is 2.01. The van der Waals surface area contributed by atoms with Crippen LogP contribution in [0.3, 0.4) is 0 Å². The van der Waals surface area contributed by atoms with Crippen LogP contribution in [-0.4, -0.2) is 14.7 Å². The molecule has 0 saturated carbocycles. The number of aromatic nitrogens is 2. The summed E-state index contributed by atoms with van der Waals surface area (Å²) in [7, 11) is 0. The lowest BCUT2D eigenvalue weighted by atomic mass is 10.6. The molecule has 0 amide bonds. The number of rotatable bonds is 1. The molecule has 0 aromatic carbocycles. The van der Waals surface area contributed by atoms with Gasteiger partial charge in [-0.3, -0.25) is 14.3 Å². The van der Waals surface area contributed by atoms with Crippen molar-refractivity contribution in [1.29, 1.82) is 0 Å². The fourth-order valence-corrected chi connectivity index (χ4v) is 1.03. The molecule has 1 atom stereocenters. The lowest BCUT2D eigenvalue weighted by Gasteiger charge is -2.03. The van der Waals surface area contributed by atoms with Crippen LogP contribution in [0.2, 0.25) is 0 Å². The number of aliphatic hydroxyl groups is 1. The van der Waals surface area contributed by atoms with Crippen molar-refractivity contribution in [2.75, 3.05) is 0 Å². The van der Waals surface area contributed by atoms with Gasteiger partial charge in [-0.15, -0.1) is 0 Å². The zero-order valence-corrected chi connectivity index (χ0v) is 7.48. The molecule has 0 aliphatic heterocycles. The molecule has 0 radical (unpaired) electrons. The molecule has 11 heavy (non-hydrogen) atoms. The smallest absolute Gasteiger partial charge is 0.331 e. The largest absolute Gasteiger partial charge is 0.365 e. The van der Waals surface area contributed by atoms with Crippen molar-refractivity contribution < 1.29 is 5.11 Å². The molecule has 60 valence electrons. The Hall–Kier alpha value is -0.630. The van der Waals surface area contributed by atoms with E-state index in [2.05, 4.69) is 0 Å². The van der Waals surface area contributed by atoms with E-state index in [1.807, 2.05) is 4.98 Å². The van der Waals surface area contributed by atoms with E-state index in [0.717, 1.165) is 4.57 Å². The summed E-state index contributed by atoms with van der Waals surface area (Å²) < 4.78 is 0.0547. The van der Waals surface area contributed by atoms with Crippen LogP contribution in [-0.2, 0) is 0 Å². The third-order valence-corrected chi connectivity index (χ3v) is 1.68. The minimum atomic E-state index is -0.947. The first-order chi connectivity index (χ1) is 5.11. The Bertz CT molecular complexity index is 353. The van der Waals surface area contributed by atoms with Crippen molar-refractivity contribution in [2.24, 2.45) is 0 Å². The summed E-state index contributed by atoms with van der Waals surface area (Å²) in [6.45, 7) is 0. The summed E-state index contributed by atoms with van der Waals surface area (Å²) in [4.78, 5) is 23.3. The summed E-state index contributed by atoms with van der Waals surface area (Å²) in [5.74, 6) is 0.